The van der Waals surface area contributed by atoms with Crippen LogP contribution in [0.4, 0.5) is 0 Å². The van der Waals surface area contributed by atoms with Gasteiger partial charge in [0, 0.05) is 51.4 Å². The zero-order valence-electron chi connectivity index (χ0n) is 15.8. The molecule has 0 amide bonds. The predicted octanol–water partition coefficient (Wildman–Crippen LogP) is 0.993. The fraction of sp³-hybridized carbons (Fsp3) is 0.941. The third-order valence-electron chi connectivity index (χ3n) is 4.12. The van der Waals surface area contributed by atoms with E-state index in [4.69, 9.17) is 4.74 Å². The molecule has 1 aliphatic heterocycles. The van der Waals surface area contributed by atoms with Gasteiger partial charge < -0.3 is 15.4 Å². The Morgan fingerprint density at radius 2 is 1.78 bits per heavy atom. The maximum atomic E-state index is 5.37. The topological polar surface area (TPSA) is 52.1 Å². The van der Waals surface area contributed by atoms with Crippen LogP contribution < -0.4 is 10.6 Å². The quantitative estimate of drug-likeness (QED) is 0.489. The molecule has 6 nitrogen and oxygen atoms in total. The molecule has 1 rings (SSSR count). The summed E-state index contributed by atoms with van der Waals surface area (Å²) in [6.07, 6.45) is 0. The summed E-state index contributed by atoms with van der Waals surface area (Å²) in [4.78, 5) is 9.59. The number of hydrogen-bond donors (Lipinski definition) is 2. The van der Waals surface area contributed by atoms with Crippen molar-refractivity contribution in [3.05, 3.63) is 0 Å². The standard InChI is InChI=1S/C17H37N5O/c1-6-18-17(19-7-9-21-11-13-23-14-12-21)20-8-10-22(15(2)3)16(4)5/h15-16H,6-14H2,1-5H3,(H2,18,19,20). The minimum atomic E-state index is 0.567. The summed E-state index contributed by atoms with van der Waals surface area (Å²) in [7, 11) is 0. The highest BCUT2D eigenvalue weighted by atomic mass is 16.5. The predicted molar refractivity (Wildman–Crippen MR) is 98.2 cm³/mol. The first-order valence-electron chi connectivity index (χ1n) is 9.12. The van der Waals surface area contributed by atoms with Crippen molar-refractivity contribution in [3.63, 3.8) is 0 Å². The molecule has 1 saturated heterocycles. The van der Waals surface area contributed by atoms with Crippen molar-refractivity contribution in [1.29, 1.82) is 0 Å². The average molecular weight is 328 g/mol. The molecule has 0 spiro atoms. The molecule has 6 heteroatoms. The van der Waals surface area contributed by atoms with E-state index in [1.165, 1.54) is 0 Å². The Balaban J connectivity index is 2.33. The van der Waals surface area contributed by atoms with Gasteiger partial charge >= 0.3 is 0 Å². The molecule has 0 radical (unpaired) electrons. The molecule has 0 aromatic rings. The van der Waals surface area contributed by atoms with E-state index in [1.807, 2.05) is 0 Å². The molecule has 2 N–H and O–H groups in total. The number of morpholine rings is 1. The lowest BCUT2D eigenvalue weighted by Crippen LogP contribution is -2.45. The van der Waals surface area contributed by atoms with Crippen molar-refractivity contribution < 1.29 is 4.74 Å². The van der Waals surface area contributed by atoms with Crippen LogP contribution in [0.25, 0.3) is 0 Å². The highest BCUT2D eigenvalue weighted by Crippen LogP contribution is 2.03. The molecule has 0 aliphatic carbocycles. The van der Waals surface area contributed by atoms with Crippen molar-refractivity contribution in [2.24, 2.45) is 4.99 Å². The number of ether oxygens (including phenoxy) is 1. The minimum Gasteiger partial charge on any atom is -0.379 e. The van der Waals surface area contributed by atoms with E-state index in [9.17, 15) is 0 Å². The van der Waals surface area contributed by atoms with Crippen LogP contribution in [-0.2, 0) is 4.74 Å². The van der Waals surface area contributed by atoms with E-state index in [0.717, 1.165) is 65.0 Å². The molecule has 0 saturated carbocycles. The number of guanidine groups is 1. The number of hydrogen-bond acceptors (Lipinski definition) is 4. The lowest BCUT2D eigenvalue weighted by Gasteiger charge is -2.30. The van der Waals surface area contributed by atoms with E-state index in [2.05, 4.69) is 60.0 Å². The van der Waals surface area contributed by atoms with Gasteiger partial charge in [0.25, 0.3) is 0 Å². The van der Waals surface area contributed by atoms with Crippen LogP contribution in [0.1, 0.15) is 34.6 Å². The van der Waals surface area contributed by atoms with Crippen LogP contribution in [0.15, 0.2) is 4.99 Å². The average Bonchev–Trinajstić information content (AvgIpc) is 2.51. The Labute approximate surface area is 142 Å². The third kappa shape index (κ3) is 8.53. The van der Waals surface area contributed by atoms with E-state index in [0.29, 0.717) is 12.1 Å². The van der Waals surface area contributed by atoms with E-state index in [-0.39, 0.29) is 0 Å². The van der Waals surface area contributed by atoms with Gasteiger partial charge in [-0.05, 0) is 34.6 Å². The smallest absolute Gasteiger partial charge is 0.191 e. The number of nitrogens with zero attached hydrogens (tertiary/aromatic N) is 3. The maximum absolute atomic E-state index is 5.37. The van der Waals surface area contributed by atoms with Crippen LogP contribution in [-0.4, -0.2) is 86.9 Å². The van der Waals surface area contributed by atoms with Crippen LogP contribution >= 0.6 is 0 Å². The first-order valence-corrected chi connectivity index (χ1v) is 9.12. The van der Waals surface area contributed by atoms with Gasteiger partial charge in [0.05, 0.1) is 19.8 Å². The first-order chi connectivity index (χ1) is 11.0. The summed E-state index contributed by atoms with van der Waals surface area (Å²) in [6.45, 7) is 19.5. The fourth-order valence-electron chi connectivity index (χ4n) is 2.89. The Hall–Kier alpha value is -0.850. The summed E-state index contributed by atoms with van der Waals surface area (Å²) >= 11 is 0. The summed E-state index contributed by atoms with van der Waals surface area (Å²) in [6, 6.07) is 1.13. The van der Waals surface area contributed by atoms with Gasteiger partial charge in [-0.25, -0.2) is 0 Å². The van der Waals surface area contributed by atoms with Crippen molar-refractivity contribution in [2.45, 2.75) is 46.7 Å². The molecular weight excluding hydrogens is 290 g/mol. The second-order valence-corrected chi connectivity index (χ2v) is 6.57. The molecule has 23 heavy (non-hydrogen) atoms. The summed E-state index contributed by atoms with van der Waals surface area (Å²) in [5.74, 6) is 0.924. The molecule has 0 aromatic heterocycles. The lowest BCUT2D eigenvalue weighted by molar-refractivity contribution is 0.0394. The molecular formula is C17H37N5O. The first kappa shape index (κ1) is 20.2. The van der Waals surface area contributed by atoms with Crippen LogP contribution in [0.2, 0.25) is 0 Å². The number of nitrogens with one attached hydrogen (secondary N) is 2. The molecule has 0 unspecified atom stereocenters. The van der Waals surface area contributed by atoms with Gasteiger partial charge in [-0.15, -0.1) is 0 Å². The van der Waals surface area contributed by atoms with Crippen molar-refractivity contribution in [3.8, 4) is 0 Å². The molecule has 136 valence electrons. The third-order valence-corrected chi connectivity index (χ3v) is 4.12. The zero-order valence-corrected chi connectivity index (χ0v) is 15.8. The lowest BCUT2D eigenvalue weighted by atomic mass is 10.2. The Morgan fingerprint density at radius 1 is 1.13 bits per heavy atom. The van der Waals surface area contributed by atoms with Gasteiger partial charge in [-0.3, -0.25) is 14.8 Å². The largest absolute Gasteiger partial charge is 0.379 e. The number of rotatable bonds is 9. The Morgan fingerprint density at radius 3 is 2.35 bits per heavy atom. The molecule has 0 aromatic carbocycles. The van der Waals surface area contributed by atoms with Gasteiger partial charge in [-0.2, -0.15) is 0 Å². The zero-order chi connectivity index (χ0) is 17.1. The summed E-state index contributed by atoms with van der Waals surface area (Å²) < 4.78 is 5.37. The van der Waals surface area contributed by atoms with Crippen LogP contribution in [0, 0.1) is 0 Å². The molecule has 0 atom stereocenters. The molecule has 1 fully saturated rings. The van der Waals surface area contributed by atoms with Gasteiger partial charge in [0.1, 0.15) is 0 Å². The highest BCUT2D eigenvalue weighted by molar-refractivity contribution is 5.79. The SMILES string of the molecule is CCNC(=NCCN1CCOCC1)NCCN(C(C)C)C(C)C. The number of aliphatic imine (C=N–C) groups is 1. The van der Waals surface area contributed by atoms with E-state index in [1.54, 1.807) is 0 Å². The molecule has 0 bridgehead atoms. The molecule has 1 heterocycles. The van der Waals surface area contributed by atoms with Crippen molar-refractivity contribution in [2.75, 3.05) is 59.0 Å². The van der Waals surface area contributed by atoms with Crippen molar-refractivity contribution in [1.82, 2.24) is 20.4 Å². The minimum absolute atomic E-state index is 0.567. The highest BCUT2D eigenvalue weighted by Gasteiger charge is 2.13. The second kappa shape index (κ2) is 11.6. The normalized spacial score (nSPS) is 17.3. The maximum Gasteiger partial charge on any atom is 0.191 e. The summed E-state index contributed by atoms with van der Waals surface area (Å²) in [5.41, 5.74) is 0. The summed E-state index contributed by atoms with van der Waals surface area (Å²) in [5, 5.41) is 6.78. The monoisotopic (exact) mass is 327 g/mol. The van der Waals surface area contributed by atoms with Crippen LogP contribution in [0.3, 0.4) is 0 Å². The second-order valence-electron chi connectivity index (χ2n) is 6.57. The van der Waals surface area contributed by atoms with Crippen molar-refractivity contribution >= 4 is 5.96 Å². The molecule has 1 aliphatic rings. The van der Waals surface area contributed by atoms with Crippen LogP contribution in [0.5, 0.6) is 0 Å². The van der Waals surface area contributed by atoms with Gasteiger partial charge in [0.2, 0.25) is 0 Å². The van der Waals surface area contributed by atoms with Gasteiger partial charge in [-0.1, -0.05) is 0 Å². The van der Waals surface area contributed by atoms with Gasteiger partial charge in [0.15, 0.2) is 5.96 Å². The Kier molecular flexibility index (Phi) is 10.2. The Bertz CT molecular complexity index is 319. The van der Waals surface area contributed by atoms with E-state index >= 15 is 0 Å². The van der Waals surface area contributed by atoms with E-state index < -0.39 is 0 Å². The fourth-order valence-corrected chi connectivity index (χ4v) is 2.89.